The maximum atomic E-state index is 13.5. The largest absolute Gasteiger partial charge is 0.508 e. The molecule has 0 aliphatic heterocycles. The number of carbonyl (C=O) groups excluding carboxylic acids is 2. The number of amides is 2. The Kier molecular flexibility index (Phi) is 6.33. The van der Waals surface area contributed by atoms with Gasteiger partial charge in [-0.25, -0.2) is 9.18 Å². The van der Waals surface area contributed by atoms with E-state index in [1.807, 2.05) is 0 Å². The van der Waals surface area contributed by atoms with Crippen molar-refractivity contribution < 1.29 is 23.8 Å². The quantitative estimate of drug-likeness (QED) is 0.702. The minimum atomic E-state index is -0.621. The smallest absolute Gasteiger partial charge is 0.319 e. The third kappa shape index (κ3) is 5.49. The number of phenols is 1. The number of nitrogens with one attached hydrogen (secondary N) is 2. The van der Waals surface area contributed by atoms with E-state index < -0.39 is 23.7 Å². The second-order valence-electron chi connectivity index (χ2n) is 5.41. The molecule has 2 aromatic rings. The molecule has 2 amide bonds. The number of esters is 1. The Morgan fingerprint density at radius 3 is 2.48 bits per heavy atom. The van der Waals surface area contributed by atoms with Crippen molar-refractivity contribution in [2.24, 2.45) is 5.92 Å². The van der Waals surface area contributed by atoms with Gasteiger partial charge in [0, 0.05) is 6.54 Å². The van der Waals surface area contributed by atoms with E-state index in [0.717, 1.165) is 5.56 Å². The number of ether oxygens (including phenoxy) is 1. The number of methoxy groups -OCH3 is 1. The van der Waals surface area contributed by atoms with Crippen molar-refractivity contribution in [2.45, 2.75) is 6.42 Å². The first-order valence-electron chi connectivity index (χ1n) is 7.64. The van der Waals surface area contributed by atoms with Gasteiger partial charge in [-0.15, -0.1) is 0 Å². The standard InChI is InChI=1S/C18H19FN2O4/c1-25-17(23)13(10-12-6-8-14(22)9-7-12)11-20-18(24)21-16-5-3-2-4-15(16)19/h2-9,13,22H,10-11H2,1H3,(H2,20,21,24). The first-order valence-corrected chi connectivity index (χ1v) is 7.64. The topological polar surface area (TPSA) is 87.7 Å². The first-order chi connectivity index (χ1) is 12.0. The monoisotopic (exact) mass is 346 g/mol. The SMILES string of the molecule is COC(=O)C(CNC(=O)Nc1ccccc1F)Cc1ccc(O)cc1. The number of hydrogen-bond donors (Lipinski definition) is 3. The number of urea groups is 1. The number of para-hydroxylation sites is 1. The van der Waals surface area contributed by atoms with Gasteiger partial charge < -0.3 is 20.5 Å². The van der Waals surface area contributed by atoms with E-state index in [-0.39, 0.29) is 18.0 Å². The number of carbonyl (C=O) groups is 2. The van der Waals surface area contributed by atoms with Crippen molar-refractivity contribution in [3.05, 3.63) is 59.9 Å². The Morgan fingerprint density at radius 1 is 1.16 bits per heavy atom. The zero-order chi connectivity index (χ0) is 18.2. The highest BCUT2D eigenvalue weighted by atomic mass is 19.1. The number of aromatic hydroxyl groups is 1. The molecule has 0 aliphatic carbocycles. The van der Waals surface area contributed by atoms with Crippen LogP contribution in [-0.2, 0) is 16.0 Å². The Morgan fingerprint density at radius 2 is 1.84 bits per heavy atom. The molecule has 6 nitrogen and oxygen atoms in total. The van der Waals surface area contributed by atoms with E-state index >= 15 is 0 Å². The van der Waals surface area contributed by atoms with E-state index in [0.29, 0.717) is 6.42 Å². The van der Waals surface area contributed by atoms with Gasteiger partial charge in [0.25, 0.3) is 0 Å². The van der Waals surface area contributed by atoms with E-state index in [1.165, 1.54) is 37.4 Å². The van der Waals surface area contributed by atoms with Crippen LogP contribution in [0.25, 0.3) is 0 Å². The van der Waals surface area contributed by atoms with Gasteiger partial charge in [-0.3, -0.25) is 4.79 Å². The third-order valence-corrected chi connectivity index (χ3v) is 3.58. The summed E-state index contributed by atoms with van der Waals surface area (Å²) in [5.74, 6) is -1.51. The fourth-order valence-corrected chi connectivity index (χ4v) is 2.27. The molecular formula is C18H19FN2O4. The van der Waals surface area contributed by atoms with Crippen LogP contribution in [0.4, 0.5) is 14.9 Å². The summed E-state index contributed by atoms with van der Waals surface area (Å²) < 4.78 is 18.3. The lowest BCUT2D eigenvalue weighted by atomic mass is 9.99. The van der Waals surface area contributed by atoms with Gasteiger partial charge in [-0.05, 0) is 36.2 Å². The lowest BCUT2D eigenvalue weighted by Gasteiger charge is -2.16. The molecule has 0 spiro atoms. The number of halogens is 1. The number of benzene rings is 2. The van der Waals surface area contributed by atoms with Crippen LogP contribution in [0.5, 0.6) is 5.75 Å². The molecule has 0 saturated heterocycles. The molecule has 1 atom stereocenters. The molecule has 0 radical (unpaired) electrons. The van der Waals surface area contributed by atoms with Crippen LogP contribution in [0.3, 0.4) is 0 Å². The minimum Gasteiger partial charge on any atom is -0.508 e. The molecule has 1 unspecified atom stereocenters. The zero-order valence-electron chi connectivity index (χ0n) is 13.7. The summed E-state index contributed by atoms with van der Waals surface area (Å²) in [4.78, 5) is 23.8. The Hall–Kier alpha value is -3.09. The molecule has 0 bridgehead atoms. The Balaban J connectivity index is 1.95. The zero-order valence-corrected chi connectivity index (χ0v) is 13.7. The number of anilines is 1. The highest BCUT2D eigenvalue weighted by Gasteiger charge is 2.21. The van der Waals surface area contributed by atoms with Crippen molar-refractivity contribution in [3.8, 4) is 5.75 Å². The molecule has 0 aliphatic rings. The predicted octanol–water partition coefficient (Wildman–Crippen LogP) is 2.68. The fourth-order valence-electron chi connectivity index (χ4n) is 2.27. The molecule has 7 heteroatoms. The highest BCUT2D eigenvalue weighted by Crippen LogP contribution is 2.15. The average molecular weight is 346 g/mol. The Labute approximate surface area is 144 Å². The maximum Gasteiger partial charge on any atom is 0.319 e. The highest BCUT2D eigenvalue weighted by molar-refractivity contribution is 5.89. The molecule has 2 rings (SSSR count). The third-order valence-electron chi connectivity index (χ3n) is 3.58. The molecular weight excluding hydrogens is 327 g/mol. The van der Waals surface area contributed by atoms with Crippen LogP contribution < -0.4 is 10.6 Å². The number of rotatable bonds is 6. The van der Waals surface area contributed by atoms with E-state index in [1.54, 1.807) is 18.2 Å². The van der Waals surface area contributed by atoms with Crippen molar-refractivity contribution in [1.29, 1.82) is 0 Å². The summed E-state index contributed by atoms with van der Waals surface area (Å²) >= 11 is 0. The van der Waals surface area contributed by atoms with Crippen LogP contribution in [0.1, 0.15) is 5.56 Å². The normalized spacial score (nSPS) is 11.4. The maximum absolute atomic E-state index is 13.5. The van der Waals surface area contributed by atoms with Gasteiger partial charge in [0.1, 0.15) is 11.6 Å². The Bertz CT molecular complexity index is 734. The van der Waals surface area contributed by atoms with Gasteiger partial charge in [0.2, 0.25) is 0 Å². The lowest BCUT2D eigenvalue weighted by Crippen LogP contribution is -2.37. The van der Waals surface area contributed by atoms with Gasteiger partial charge in [0.05, 0.1) is 18.7 Å². The summed E-state index contributed by atoms with van der Waals surface area (Å²) in [5.41, 5.74) is 0.859. The predicted molar refractivity (Wildman–Crippen MR) is 90.7 cm³/mol. The van der Waals surface area contributed by atoms with Crippen LogP contribution >= 0.6 is 0 Å². The minimum absolute atomic E-state index is 0.0217. The van der Waals surface area contributed by atoms with Crippen LogP contribution in [0.2, 0.25) is 0 Å². The summed E-state index contributed by atoms with van der Waals surface area (Å²) in [6.45, 7) is 0.0217. The lowest BCUT2D eigenvalue weighted by molar-refractivity contribution is -0.145. The molecule has 2 aromatic carbocycles. The summed E-state index contributed by atoms with van der Waals surface area (Å²) in [6, 6.07) is 11.6. The van der Waals surface area contributed by atoms with Crippen molar-refractivity contribution >= 4 is 17.7 Å². The van der Waals surface area contributed by atoms with Gasteiger partial charge in [-0.1, -0.05) is 24.3 Å². The molecule has 0 fully saturated rings. The number of hydrogen-bond acceptors (Lipinski definition) is 4. The van der Waals surface area contributed by atoms with E-state index in [4.69, 9.17) is 4.74 Å². The van der Waals surface area contributed by atoms with Crippen molar-refractivity contribution in [1.82, 2.24) is 5.32 Å². The number of phenolic OH excluding ortho intramolecular Hbond substituents is 1. The molecule has 0 heterocycles. The summed E-state index contributed by atoms with van der Waals surface area (Å²) in [6.07, 6.45) is 0.326. The molecule has 132 valence electrons. The van der Waals surface area contributed by atoms with E-state index in [9.17, 15) is 19.1 Å². The van der Waals surface area contributed by atoms with Crippen molar-refractivity contribution in [3.63, 3.8) is 0 Å². The van der Waals surface area contributed by atoms with Gasteiger partial charge in [0.15, 0.2) is 0 Å². The first kappa shape index (κ1) is 18.3. The van der Waals surface area contributed by atoms with Crippen LogP contribution in [0, 0.1) is 11.7 Å². The molecule has 0 saturated carbocycles. The average Bonchev–Trinajstić information content (AvgIpc) is 2.61. The van der Waals surface area contributed by atoms with E-state index in [2.05, 4.69) is 10.6 Å². The van der Waals surface area contributed by atoms with Crippen LogP contribution in [0.15, 0.2) is 48.5 Å². The second kappa shape index (κ2) is 8.68. The summed E-state index contributed by atoms with van der Waals surface area (Å²) in [5, 5.41) is 14.2. The summed E-state index contributed by atoms with van der Waals surface area (Å²) in [7, 11) is 1.27. The second-order valence-corrected chi connectivity index (χ2v) is 5.41. The van der Waals surface area contributed by atoms with Crippen LogP contribution in [-0.4, -0.2) is 30.8 Å². The van der Waals surface area contributed by atoms with Crippen molar-refractivity contribution in [2.75, 3.05) is 19.0 Å². The fraction of sp³-hybridized carbons (Fsp3) is 0.222. The van der Waals surface area contributed by atoms with Gasteiger partial charge >= 0.3 is 12.0 Å². The molecule has 25 heavy (non-hydrogen) atoms. The molecule has 0 aromatic heterocycles. The molecule has 3 N–H and O–H groups in total. The van der Waals surface area contributed by atoms with Gasteiger partial charge in [-0.2, -0.15) is 0 Å².